The molecular formula is C10H11NO2. The Hall–Kier alpha value is -1.60. The van der Waals surface area contributed by atoms with Crippen molar-refractivity contribution in [2.24, 2.45) is 4.99 Å². The molecule has 3 nitrogen and oxygen atoms in total. The molecule has 1 rings (SSSR count). The van der Waals surface area contributed by atoms with Crippen molar-refractivity contribution >= 4 is 6.08 Å². The summed E-state index contributed by atoms with van der Waals surface area (Å²) < 4.78 is 5.11. The van der Waals surface area contributed by atoms with Gasteiger partial charge in [0, 0.05) is 5.56 Å². The van der Waals surface area contributed by atoms with Crippen LogP contribution in [0.4, 0.5) is 0 Å². The summed E-state index contributed by atoms with van der Waals surface area (Å²) in [5.74, 6) is 0.754. The lowest BCUT2D eigenvalue weighted by Crippen LogP contribution is -1.91. The predicted octanol–water partition coefficient (Wildman–Crippen LogP) is 1.84. The van der Waals surface area contributed by atoms with Crippen molar-refractivity contribution in [3.8, 4) is 5.75 Å². The number of carbonyl (C=O) groups excluding carboxylic acids is 1. The summed E-state index contributed by atoms with van der Waals surface area (Å²) in [6.07, 6.45) is 1.51. The molecule has 0 spiro atoms. The Morgan fingerprint density at radius 3 is 2.92 bits per heavy atom. The molecule has 0 N–H and O–H groups in total. The van der Waals surface area contributed by atoms with Crippen molar-refractivity contribution in [1.82, 2.24) is 0 Å². The van der Waals surface area contributed by atoms with Gasteiger partial charge in [-0.2, -0.15) is 0 Å². The molecule has 0 saturated heterocycles. The minimum absolute atomic E-state index is 0.328. The molecule has 68 valence electrons. The largest absolute Gasteiger partial charge is 0.496 e. The predicted molar refractivity (Wildman–Crippen MR) is 49.6 cm³/mol. The number of isocyanates is 1. The molecule has 3 heteroatoms. The number of ether oxygens (including phenoxy) is 1. The number of aliphatic imine (C=N–C) groups is 1. The van der Waals surface area contributed by atoms with E-state index in [2.05, 4.69) is 4.99 Å². The van der Waals surface area contributed by atoms with E-state index in [1.54, 1.807) is 7.11 Å². The Morgan fingerprint density at radius 2 is 2.31 bits per heavy atom. The maximum absolute atomic E-state index is 9.93. The van der Waals surface area contributed by atoms with Crippen molar-refractivity contribution < 1.29 is 9.53 Å². The first kappa shape index (κ1) is 9.49. The first-order valence-corrected chi connectivity index (χ1v) is 3.95. The summed E-state index contributed by atoms with van der Waals surface area (Å²) in [7, 11) is 1.60. The average molecular weight is 177 g/mol. The normalized spacial score (nSPS) is 9.08. The maximum atomic E-state index is 9.93. The van der Waals surface area contributed by atoms with Crippen LogP contribution in [-0.4, -0.2) is 13.2 Å². The third kappa shape index (κ3) is 2.42. The Kier molecular flexibility index (Phi) is 3.23. The van der Waals surface area contributed by atoms with Gasteiger partial charge in [0.15, 0.2) is 0 Å². The quantitative estimate of drug-likeness (QED) is 0.522. The first-order chi connectivity index (χ1) is 6.27. The Balaban J connectivity index is 3.00. The van der Waals surface area contributed by atoms with Crippen molar-refractivity contribution in [3.05, 3.63) is 29.3 Å². The molecule has 0 radical (unpaired) electrons. The highest BCUT2D eigenvalue weighted by molar-refractivity contribution is 5.39. The molecule has 0 bridgehead atoms. The van der Waals surface area contributed by atoms with E-state index in [9.17, 15) is 4.79 Å². The number of hydrogen-bond acceptors (Lipinski definition) is 3. The summed E-state index contributed by atoms with van der Waals surface area (Å²) in [6, 6.07) is 5.76. The fourth-order valence-electron chi connectivity index (χ4n) is 1.15. The molecule has 0 fully saturated rings. The van der Waals surface area contributed by atoms with Crippen LogP contribution in [0, 0.1) is 6.92 Å². The van der Waals surface area contributed by atoms with Gasteiger partial charge in [-0.05, 0) is 13.0 Å². The van der Waals surface area contributed by atoms with E-state index in [0.29, 0.717) is 6.54 Å². The number of rotatable bonds is 3. The minimum Gasteiger partial charge on any atom is -0.496 e. The van der Waals surface area contributed by atoms with Gasteiger partial charge in [-0.15, -0.1) is 0 Å². The fourth-order valence-corrected chi connectivity index (χ4v) is 1.15. The van der Waals surface area contributed by atoms with Gasteiger partial charge in [0.25, 0.3) is 0 Å². The molecule has 0 aliphatic carbocycles. The molecule has 0 unspecified atom stereocenters. The van der Waals surface area contributed by atoms with Crippen molar-refractivity contribution in [3.63, 3.8) is 0 Å². The SMILES string of the molecule is COc1ccc(C)cc1CN=C=O. The van der Waals surface area contributed by atoms with Crippen LogP contribution in [0.5, 0.6) is 5.75 Å². The molecule has 1 aromatic carbocycles. The monoisotopic (exact) mass is 177 g/mol. The zero-order chi connectivity index (χ0) is 9.68. The number of hydrogen-bond donors (Lipinski definition) is 0. The van der Waals surface area contributed by atoms with Crippen LogP contribution < -0.4 is 4.74 Å². The topological polar surface area (TPSA) is 38.7 Å². The number of benzene rings is 1. The lowest BCUT2D eigenvalue weighted by Gasteiger charge is -2.05. The Labute approximate surface area is 77.1 Å². The summed E-state index contributed by atoms with van der Waals surface area (Å²) in [5, 5.41) is 0. The van der Waals surface area contributed by atoms with E-state index in [-0.39, 0.29) is 0 Å². The molecule has 0 heterocycles. The molecule has 0 aliphatic rings. The minimum atomic E-state index is 0.328. The van der Waals surface area contributed by atoms with Crippen molar-refractivity contribution in [1.29, 1.82) is 0 Å². The first-order valence-electron chi connectivity index (χ1n) is 3.95. The fraction of sp³-hybridized carbons (Fsp3) is 0.300. The molecule has 13 heavy (non-hydrogen) atoms. The van der Waals surface area contributed by atoms with Crippen LogP contribution in [0.15, 0.2) is 23.2 Å². The lowest BCUT2D eigenvalue weighted by molar-refractivity contribution is 0.409. The molecule has 1 aromatic rings. The molecule has 0 atom stereocenters. The highest BCUT2D eigenvalue weighted by atomic mass is 16.5. The second-order valence-electron chi connectivity index (χ2n) is 2.72. The Morgan fingerprint density at radius 1 is 1.54 bits per heavy atom. The van der Waals surface area contributed by atoms with Crippen LogP contribution in [-0.2, 0) is 11.3 Å². The molecule has 0 saturated carbocycles. The highest BCUT2D eigenvalue weighted by Crippen LogP contribution is 2.19. The van der Waals surface area contributed by atoms with Crippen LogP contribution >= 0.6 is 0 Å². The zero-order valence-electron chi connectivity index (χ0n) is 7.70. The zero-order valence-corrected chi connectivity index (χ0v) is 7.70. The van der Waals surface area contributed by atoms with Gasteiger partial charge in [0.1, 0.15) is 5.75 Å². The standard InChI is InChI=1S/C10H11NO2/c1-8-3-4-10(13-2)9(5-8)6-11-7-12/h3-5H,6H2,1-2H3. The van der Waals surface area contributed by atoms with Crippen LogP contribution in [0.25, 0.3) is 0 Å². The third-order valence-corrected chi connectivity index (χ3v) is 1.75. The highest BCUT2D eigenvalue weighted by Gasteiger charge is 2.01. The van der Waals surface area contributed by atoms with E-state index >= 15 is 0 Å². The maximum Gasteiger partial charge on any atom is 0.235 e. The second kappa shape index (κ2) is 4.43. The number of nitrogens with zero attached hydrogens (tertiary/aromatic N) is 1. The van der Waals surface area contributed by atoms with Gasteiger partial charge in [-0.25, -0.2) is 9.79 Å². The van der Waals surface area contributed by atoms with E-state index in [1.165, 1.54) is 6.08 Å². The van der Waals surface area contributed by atoms with E-state index < -0.39 is 0 Å². The third-order valence-electron chi connectivity index (χ3n) is 1.75. The lowest BCUT2D eigenvalue weighted by atomic mass is 10.1. The summed E-state index contributed by atoms with van der Waals surface area (Å²) >= 11 is 0. The summed E-state index contributed by atoms with van der Waals surface area (Å²) in [4.78, 5) is 13.4. The Bertz CT molecular complexity index is 341. The van der Waals surface area contributed by atoms with Gasteiger partial charge in [0.05, 0.1) is 13.7 Å². The molecule has 0 amide bonds. The van der Waals surface area contributed by atoms with Gasteiger partial charge >= 0.3 is 0 Å². The van der Waals surface area contributed by atoms with Crippen LogP contribution in [0.2, 0.25) is 0 Å². The van der Waals surface area contributed by atoms with Gasteiger partial charge in [-0.3, -0.25) is 0 Å². The van der Waals surface area contributed by atoms with E-state index in [4.69, 9.17) is 4.74 Å². The van der Waals surface area contributed by atoms with E-state index in [0.717, 1.165) is 16.9 Å². The second-order valence-corrected chi connectivity index (χ2v) is 2.72. The molecule has 0 aliphatic heterocycles. The molecular weight excluding hydrogens is 166 g/mol. The summed E-state index contributed by atoms with van der Waals surface area (Å²) in [5.41, 5.74) is 2.03. The molecule has 0 aromatic heterocycles. The van der Waals surface area contributed by atoms with Crippen molar-refractivity contribution in [2.45, 2.75) is 13.5 Å². The van der Waals surface area contributed by atoms with Gasteiger partial charge in [0.2, 0.25) is 6.08 Å². The van der Waals surface area contributed by atoms with Crippen molar-refractivity contribution in [2.75, 3.05) is 7.11 Å². The van der Waals surface area contributed by atoms with Gasteiger partial charge in [-0.1, -0.05) is 17.7 Å². The number of methoxy groups -OCH3 is 1. The van der Waals surface area contributed by atoms with Gasteiger partial charge < -0.3 is 4.74 Å². The van der Waals surface area contributed by atoms with Crippen LogP contribution in [0.1, 0.15) is 11.1 Å². The number of aryl methyl sites for hydroxylation is 1. The van der Waals surface area contributed by atoms with E-state index in [1.807, 2.05) is 25.1 Å². The summed E-state index contributed by atoms with van der Waals surface area (Å²) in [6.45, 7) is 2.31. The average Bonchev–Trinajstić information content (AvgIpc) is 2.15. The van der Waals surface area contributed by atoms with Crippen LogP contribution in [0.3, 0.4) is 0 Å². The smallest absolute Gasteiger partial charge is 0.235 e.